The average molecular weight is 283 g/mol. The molecule has 0 bridgehead atoms. The van der Waals surface area contributed by atoms with Crippen molar-refractivity contribution < 1.29 is 9.84 Å². The molecule has 2 atom stereocenters. The van der Waals surface area contributed by atoms with E-state index in [1.54, 1.807) is 18.9 Å². The van der Waals surface area contributed by atoms with Crippen molar-refractivity contribution in [2.24, 2.45) is 0 Å². The lowest BCUT2D eigenvalue weighted by Crippen LogP contribution is -2.20. The first-order valence-corrected chi connectivity index (χ1v) is 7.69. The Morgan fingerprint density at radius 3 is 2.68 bits per heavy atom. The molecule has 0 saturated carbocycles. The molecular weight excluding hydrogens is 258 g/mol. The maximum absolute atomic E-state index is 9.23. The number of thioether (sulfide) groups is 1. The molecule has 4 heteroatoms. The molecule has 0 radical (unpaired) electrons. The van der Waals surface area contributed by atoms with E-state index in [0.29, 0.717) is 0 Å². The van der Waals surface area contributed by atoms with Crippen LogP contribution >= 0.6 is 11.8 Å². The first kappa shape index (κ1) is 16.3. The van der Waals surface area contributed by atoms with Crippen molar-refractivity contribution in [2.45, 2.75) is 43.4 Å². The van der Waals surface area contributed by atoms with Crippen LogP contribution in [-0.4, -0.2) is 30.6 Å². The molecule has 1 rings (SSSR count). The summed E-state index contributed by atoms with van der Waals surface area (Å²) >= 11 is 1.69. The van der Waals surface area contributed by atoms with Gasteiger partial charge in [-0.2, -0.15) is 0 Å². The highest BCUT2D eigenvalue weighted by molar-refractivity contribution is 8.00. The molecule has 108 valence electrons. The molecule has 0 aliphatic rings. The van der Waals surface area contributed by atoms with Crippen molar-refractivity contribution in [3.05, 3.63) is 23.8 Å². The summed E-state index contributed by atoms with van der Waals surface area (Å²) in [5.74, 6) is 0.909. The number of nitrogens with one attached hydrogen (secondary N) is 1. The first-order chi connectivity index (χ1) is 9.13. The van der Waals surface area contributed by atoms with Crippen LogP contribution < -0.4 is 10.1 Å². The Hall–Kier alpha value is -0.710. The first-order valence-electron chi connectivity index (χ1n) is 6.81. The molecule has 0 aliphatic heterocycles. The van der Waals surface area contributed by atoms with E-state index < -0.39 is 0 Å². The topological polar surface area (TPSA) is 41.5 Å². The molecule has 0 fully saturated rings. The van der Waals surface area contributed by atoms with Gasteiger partial charge < -0.3 is 15.2 Å². The van der Waals surface area contributed by atoms with Gasteiger partial charge in [-0.15, -0.1) is 11.8 Å². The van der Waals surface area contributed by atoms with Crippen molar-refractivity contribution in [1.82, 2.24) is 5.32 Å². The predicted molar refractivity (Wildman–Crippen MR) is 82.1 cm³/mol. The second-order valence-corrected chi connectivity index (χ2v) is 6.14. The van der Waals surface area contributed by atoms with Crippen LogP contribution in [0.15, 0.2) is 23.1 Å². The highest BCUT2D eigenvalue weighted by Gasteiger charge is 2.17. The average Bonchev–Trinajstić information content (AvgIpc) is 2.44. The molecule has 2 N–H and O–H groups in total. The predicted octanol–water partition coefficient (Wildman–Crippen LogP) is 3.23. The molecular formula is C15H25NO2S. The molecule has 1 aromatic carbocycles. The third kappa shape index (κ3) is 4.71. The second-order valence-electron chi connectivity index (χ2n) is 4.66. The summed E-state index contributed by atoms with van der Waals surface area (Å²) in [5.41, 5.74) is 1.18. The fourth-order valence-corrected chi connectivity index (χ4v) is 3.02. The van der Waals surface area contributed by atoms with Gasteiger partial charge in [0.2, 0.25) is 0 Å². The SMILES string of the molecule is CCCNC(C)c1c(OC)cccc1SC(C)CO. The van der Waals surface area contributed by atoms with Gasteiger partial charge in [-0.25, -0.2) is 0 Å². The minimum atomic E-state index is 0.179. The molecule has 0 spiro atoms. The van der Waals surface area contributed by atoms with E-state index in [-0.39, 0.29) is 17.9 Å². The molecule has 0 saturated heterocycles. The third-order valence-electron chi connectivity index (χ3n) is 2.96. The molecule has 0 amide bonds. The Bertz CT molecular complexity index is 384. The Kier molecular flexibility index (Phi) is 7.28. The lowest BCUT2D eigenvalue weighted by molar-refractivity contribution is 0.300. The maximum Gasteiger partial charge on any atom is 0.124 e. The minimum absolute atomic E-state index is 0.179. The van der Waals surface area contributed by atoms with Gasteiger partial charge >= 0.3 is 0 Å². The number of rotatable bonds is 8. The van der Waals surface area contributed by atoms with E-state index in [4.69, 9.17) is 4.74 Å². The van der Waals surface area contributed by atoms with Crippen LogP contribution in [0.3, 0.4) is 0 Å². The third-order valence-corrected chi connectivity index (χ3v) is 4.13. The zero-order valence-electron chi connectivity index (χ0n) is 12.3. The summed E-state index contributed by atoms with van der Waals surface area (Å²) < 4.78 is 5.49. The molecule has 0 aliphatic carbocycles. The summed E-state index contributed by atoms with van der Waals surface area (Å²) in [6, 6.07) is 6.33. The Morgan fingerprint density at radius 1 is 1.37 bits per heavy atom. The van der Waals surface area contributed by atoms with Gasteiger partial charge in [0.15, 0.2) is 0 Å². The van der Waals surface area contributed by atoms with E-state index in [2.05, 4.69) is 25.2 Å². The lowest BCUT2D eigenvalue weighted by Gasteiger charge is -2.21. The maximum atomic E-state index is 9.23. The van der Waals surface area contributed by atoms with E-state index >= 15 is 0 Å². The smallest absolute Gasteiger partial charge is 0.124 e. The zero-order chi connectivity index (χ0) is 14.3. The monoisotopic (exact) mass is 283 g/mol. The van der Waals surface area contributed by atoms with Gasteiger partial charge in [0.05, 0.1) is 13.7 Å². The molecule has 0 aromatic heterocycles. The van der Waals surface area contributed by atoms with Crippen LogP contribution in [0, 0.1) is 0 Å². The normalized spacial score (nSPS) is 14.2. The second kappa shape index (κ2) is 8.46. The van der Waals surface area contributed by atoms with Gasteiger partial charge in [0.1, 0.15) is 5.75 Å². The van der Waals surface area contributed by atoms with Crippen LogP contribution in [0.25, 0.3) is 0 Å². The summed E-state index contributed by atoms with van der Waals surface area (Å²) in [6.45, 7) is 7.50. The minimum Gasteiger partial charge on any atom is -0.496 e. The Morgan fingerprint density at radius 2 is 2.11 bits per heavy atom. The van der Waals surface area contributed by atoms with E-state index in [9.17, 15) is 5.11 Å². The highest BCUT2D eigenvalue weighted by Crippen LogP contribution is 2.36. The van der Waals surface area contributed by atoms with Gasteiger partial charge in [-0.05, 0) is 32.0 Å². The van der Waals surface area contributed by atoms with E-state index in [0.717, 1.165) is 18.7 Å². The fraction of sp³-hybridized carbons (Fsp3) is 0.600. The van der Waals surface area contributed by atoms with Gasteiger partial charge in [0.25, 0.3) is 0 Å². The molecule has 3 nitrogen and oxygen atoms in total. The number of benzene rings is 1. The van der Waals surface area contributed by atoms with Gasteiger partial charge in [0, 0.05) is 21.8 Å². The molecule has 1 aromatic rings. The van der Waals surface area contributed by atoms with Crippen LogP contribution in [0.5, 0.6) is 5.75 Å². The molecule has 2 unspecified atom stereocenters. The Labute approximate surface area is 120 Å². The van der Waals surface area contributed by atoms with Crippen LogP contribution in [0.4, 0.5) is 0 Å². The van der Waals surface area contributed by atoms with Crippen LogP contribution in [0.2, 0.25) is 0 Å². The lowest BCUT2D eigenvalue weighted by atomic mass is 10.1. The number of methoxy groups -OCH3 is 1. The van der Waals surface area contributed by atoms with Gasteiger partial charge in [-0.1, -0.05) is 19.9 Å². The summed E-state index contributed by atoms with van der Waals surface area (Å²) in [5, 5.41) is 12.9. The number of hydrogen-bond acceptors (Lipinski definition) is 4. The summed E-state index contributed by atoms with van der Waals surface area (Å²) in [4.78, 5) is 1.18. The van der Waals surface area contributed by atoms with E-state index in [1.807, 2.05) is 19.1 Å². The Balaban J connectivity index is 3.01. The van der Waals surface area contributed by atoms with Crippen molar-refractivity contribution >= 4 is 11.8 Å². The standard InChI is InChI=1S/C15H25NO2S/c1-5-9-16-12(3)15-13(18-4)7-6-8-14(15)19-11(2)10-17/h6-8,11-12,16-17H,5,9-10H2,1-4H3. The summed E-state index contributed by atoms with van der Waals surface area (Å²) in [7, 11) is 1.70. The zero-order valence-corrected chi connectivity index (χ0v) is 13.1. The fourth-order valence-electron chi connectivity index (χ4n) is 1.95. The number of hydrogen-bond donors (Lipinski definition) is 2. The summed E-state index contributed by atoms with van der Waals surface area (Å²) in [6.07, 6.45) is 1.11. The molecule has 0 heterocycles. The molecule has 19 heavy (non-hydrogen) atoms. The quantitative estimate of drug-likeness (QED) is 0.719. The van der Waals surface area contributed by atoms with E-state index in [1.165, 1.54) is 10.5 Å². The van der Waals surface area contributed by atoms with Crippen LogP contribution in [-0.2, 0) is 0 Å². The van der Waals surface area contributed by atoms with Crippen molar-refractivity contribution in [2.75, 3.05) is 20.3 Å². The highest BCUT2D eigenvalue weighted by atomic mass is 32.2. The number of ether oxygens (including phenoxy) is 1. The van der Waals surface area contributed by atoms with Crippen LogP contribution in [0.1, 0.15) is 38.8 Å². The largest absolute Gasteiger partial charge is 0.496 e. The van der Waals surface area contributed by atoms with Gasteiger partial charge in [-0.3, -0.25) is 0 Å². The van der Waals surface area contributed by atoms with Crippen molar-refractivity contribution in [3.63, 3.8) is 0 Å². The van der Waals surface area contributed by atoms with Crippen molar-refractivity contribution in [3.8, 4) is 5.75 Å². The van der Waals surface area contributed by atoms with Crippen molar-refractivity contribution in [1.29, 1.82) is 0 Å². The number of aliphatic hydroxyl groups excluding tert-OH is 1. The number of aliphatic hydroxyl groups is 1.